The van der Waals surface area contributed by atoms with Crippen molar-refractivity contribution in [1.29, 1.82) is 0 Å². The highest BCUT2D eigenvalue weighted by molar-refractivity contribution is 5.78. The lowest BCUT2D eigenvalue weighted by Crippen LogP contribution is -2.22. The lowest BCUT2D eigenvalue weighted by atomic mass is 10.0. The zero-order chi connectivity index (χ0) is 16.2. The number of nitrogens with zero attached hydrogens (tertiary/aromatic N) is 1. The van der Waals surface area contributed by atoms with Crippen molar-refractivity contribution in [1.82, 2.24) is 9.97 Å². The molecule has 0 fully saturated rings. The van der Waals surface area contributed by atoms with Crippen molar-refractivity contribution in [3.05, 3.63) is 70.5 Å². The maximum Gasteiger partial charge on any atom is 0.260 e. The van der Waals surface area contributed by atoms with Crippen LogP contribution in [0.5, 0.6) is 0 Å². The number of benzene rings is 2. The van der Waals surface area contributed by atoms with Gasteiger partial charge in [-0.15, -0.1) is 0 Å². The third kappa shape index (κ3) is 3.57. The predicted molar refractivity (Wildman–Crippen MR) is 91.5 cm³/mol. The van der Waals surface area contributed by atoms with Crippen LogP contribution in [0.15, 0.2) is 59.4 Å². The zero-order valence-electron chi connectivity index (χ0n) is 12.9. The number of hydrogen-bond donors (Lipinski definition) is 3. The summed E-state index contributed by atoms with van der Waals surface area (Å²) in [6.07, 6.45) is -0.0496. The van der Waals surface area contributed by atoms with Crippen LogP contribution in [-0.2, 0) is 0 Å². The van der Waals surface area contributed by atoms with E-state index in [4.69, 9.17) is 0 Å². The SMILES string of the molecule is C[C@H](C[C@H](O)c1ccccc1)Nc1nc2ccccc2c(=O)[nH]1. The summed E-state index contributed by atoms with van der Waals surface area (Å²) in [5.74, 6) is 0.418. The van der Waals surface area contributed by atoms with Crippen molar-refractivity contribution in [3.63, 3.8) is 0 Å². The molecule has 0 saturated carbocycles. The Morgan fingerprint density at radius 3 is 2.61 bits per heavy atom. The number of aromatic nitrogens is 2. The highest BCUT2D eigenvalue weighted by Gasteiger charge is 2.13. The topological polar surface area (TPSA) is 78.0 Å². The molecule has 0 saturated heterocycles. The van der Waals surface area contributed by atoms with Crippen LogP contribution in [0.1, 0.15) is 25.0 Å². The molecule has 1 aromatic heterocycles. The molecule has 0 amide bonds. The zero-order valence-corrected chi connectivity index (χ0v) is 12.9. The third-order valence-electron chi connectivity index (χ3n) is 3.76. The molecule has 118 valence electrons. The van der Waals surface area contributed by atoms with Crippen LogP contribution in [0.4, 0.5) is 5.95 Å². The Bertz CT molecular complexity index is 846. The van der Waals surface area contributed by atoms with Crippen molar-refractivity contribution < 1.29 is 5.11 Å². The van der Waals surface area contributed by atoms with Gasteiger partial charge in [-0.05, 0) is 31.0 Å². The van der Waals surface area contributed by atoms with Gasteiger partial charge < -0.3 is 10.4 Å². The standard InChI is InChI=1S/C18H19N3O2/c1-12(11-16(22)13-7-3-2-4-8-13)19-18-20-15-10-6-5-9-14(15)17(23)21-18/h2-10,12,16,22H,11H2,1H3,(H2,19,20,21,23)/t12-,16+/m1/s1. The van der Waals surface area contributed by atoms with Crippen molar-refractivity contribution in [2.45, 2.75) is 25.5 Å². The van der Waals surface area contributed by atoms with E-state index in [0.717, 1.165) is 5.56 Å². The number of aromatic amines is 1. The van der Waals surface area contributed by atoms with E-state index in [2.05, 4.69) is 15.3 Å². The van der Waals surface area contributed by atoms with E-state index in [9.17, 15) is 9.90 Å². The third-order valence-corrected chi connectivity index (χ3v) is 3.76. The summed E-state index contributed by atoms with van der Waals surface area (Å²) in [5.41, 5.74) is 1.35. The molecule has 2 aromatic carbocycles. The fourth-order valence-corrected chi connectivity index (χ4v) is 2.59. The van der Waals surface area contributed by atoms with Crippen LogP contribution >= 0.6 is 0 Å². The molecule has 5 heteroatoms. The lowest BCUT2D eigenvalue weighted by molar-refractivity contribution is 0.162. The Labute approximate surface area is 134 Å². The van der Waals surface area contributed by atoms with E-state index >= 15 is 0 Å². The first-order valence-electron chi connectivity index (χ1n) is 7.62. The first-order chi connectivity index (χ1) is 11.1. The van der Waals surface area contributed by atoms with E-state index in [1.54, 1.807) is 12.1 Å². The number of aliphatic hydroxyl groups excluding tert-OH is 1. The van der Waals surface area contributed by atoms with E-state index < -0.39 is 6.10 Å². The lowest BCUT2D eigenvalue weighted by Gasteiger charge is -2.18. The van der Waals surface area contributed by atoms with E-state index in [0.29, 0.717) is 23.3 Å². The smallest absolute Gasteiger partial charge is 0.260 e. The van der Waals surface area contributed by atoms with Crippen LogP contribution < -0.4 is 10.9 Å². The number of hydrogen-bond acceptors (Lipinski definition) is 4. The first-order valence-corrected chi connectivity index (χ1v) is 7.62. The second-order valence-corrected chi connectivity index (χ2v) is 5.64. The highest BCUT2D eigenvalue weighted by Crippen LogP contribution is 2.19. The molecule has 5 nitrogen and oxygen atoms in total. The summed E-state index contributed by atoms with van der Waals surface area (Å²) >= 11 is 0. The van der Waals surface area contributed by atoms with Gasteiger partial charge in [-0.3, -0.25) is 9.78 Å². The summed E-state index contributed by atoms with van der Waals surface area (Å²) < 4.78 is 0. The van der Waals surface area contributed by atoms with Crippen molar-refractivity contribution in [2.24, 2.45) is 0 Å². The van der Waals surface area contributed by atoms with Crippen LogP contribution in [-0.4, -0.2) is 21.1 Å². The maximum absolute atomic E-state index is 12.0. The van der Waals surface area contributed by atoms with Gasteiger partial charge in [0.05, 0.1) is 17.0 Å². The molecule has 3 rings (SSSR count). The summed E-state index contributed by atoms with van der Waals surface area (Å²) in [7, 11) is 0. The average molecular weight is 309 g/mol. The number of aliphatic hydroxyl groups is 1. The van der Waals surface area contributed by atoms with Crippen LogP contribution in [0.3, 0.4) is 0 Å². The van der Waals surface area contributed by atoms with Crippen molar-refractivity contribution in [3.8, 4) is 0 Å². The Hall–Kier alpha value is -2.66. The van der Waals surface area contributed by atoms with Crippen molar-refractivity contribution >= 4 is 16.9 Å². The average Bonchev–Trinajstić information content (AvgIpc) is 2.55. The summed E-state index contributed by atoms with van der Waals surface area (Å²) in [6.45, 7) is 1.95. The molecule has 0 aliphatic rings. The van der Waals surface area contributed by atoms with Crippen molar-refractivity contribution in [2.75, 3.05) is 5.32 Å². The number of nitrogens with one attached hydrogen (secondary N) is 2. The molecule has 0 aliphatic carbocycles. The van der Waals surface area contributed by atoms with E-state index in [-0.39, 0.29) is 11.6 Å². The quantitative estimate of drug-likeness (QED) is 0.677. The number of anilines is 1. The molecular formula is C18H19N3O2. The van der Waals surface area contributed by atoms with Gasteiger partial charge in [-0.1, -0.05) is 42.5 Å². The van der Waals surface area contributed by atoms with Gasteiger partial charge in [-0.2, -0.15) is 0 Å². The normalized spacial score (nSPS) is 13.7. The van der Waals surface area contributed by atoms with Gasteiger partial charge in [-0.25, -0.2) is 4.98 Å². The number of rotatable bonds is 5. The second kappa shape index (κ2) is 6.62. The molecule has 0 aliphatic heterocycles. The molecule has 0 radical (unpaired) electrons. The molecule has 0 spiro atoms. The highest BCUT2D eigenvalue weighted by atomic mass is 16.3. The molecule has 1 heterocycles. The molecule has 2 atom stereocenters. The summed E-state index contributed by atoms with van der Waals surface area (Å²) in [4.78, 5) is 19.2. The van der Waals surface area contributed by atoms with Gasteiger partial charge >= 0.3 is 0 Å². The molecular weight excluding hydrogens is 290 g/mol. The van der Waals surface area contributed by atoms with Gasteiger partial charge in [0.15, 0.2) is 0 Å². The number of H-pyrrole nitrogens is 1. The Kier molecular flexibility index (Phi) is 4.39. The number of para-hydroxylation sites is 1. The van der Waals surface area contributed by atoms with Crippen LogP contribution in [0, 0.1) is 0 Å². The first kappa shape index (κ1) is 15.2. The molecule has 0 unspecified atom stereocenters. The van der Waals surface area contributed by atoms with E-state index in [1.807, 2.05) is 49.4 Å². The van der Waals surface area contributed by atoms with Gasteiger partial charge in [0.1, 0.15) is 0 Å². The maximum atomic E-state index is 12.0. The minimum Gasteiger partial charge on any atom is -0.388 e. The van der Waals surface area contributed by atoms with Gasteiger partial charge in [0.2, 0.25) is 5.95 Å². The molecule has 3 N–H and O–H groups in total. The molecule has 3 aromatic rings. The fourth-order valence-electron chi connectivity index (χ4n) is 2.59. The van der Waals surface area contributed by atoms with Gasteiger partial charge in [0, 0.05) is 6.04 Å². The fraction of sp³-hybridized carbons (Fsp3) is 0.222. The number of fused-ring (bicyclic) bond motifs is 1. The Morgan fingerprint density at radius 1 is 1.13 bits per heavy atom. The minimum absolute atomic E-state index is 0.0467. The molecule has 0 bridgehead atoms. The summed E-state index contributed by atoms with van der Waals surface area (Å²) in [6, 6.07) is 16.7. The summed E-state index contributed by atoms with van der Waals surface area (Å²) in [5, 5.41) is 14.0. The second-order valence-electron chi connectivity index (χ2n) is 5.64. The Morgan fingerprint density at radius 2 is 1.83 bits per heavy atom. The predicted octanol–water partition coefficient (Wildman–Crippen LogP) is 2.85. The Balaban J connectivity index is 1.73. The van der Waals surface area contributed by atoms with E-state index in [1.165, 1.54) is 0 Å². The minimum atomic E-state index is -0.564. The molecule has 23 heavy (non-hydrogen) atoms. The van der Waals surface area contributed by atoms with Crippen LogP contribution in [0.25, 0.3) is 10.9 Å². The monoisotopic (exact) mass is 309 g/mol. The largest absolute Gasteiger partial charge is 0.388 e. The van der Waals surface area contributed by atoms with Gasteiger partial charge in [0.25, 0.3) is 5.56 Å². The van der Waals surface area contributed by atoms with Crippen LogP contribution in [0.2, 0.25) is 0 Å².